The monoisotopic (exact) mass is 287 g/mol. The Bertz CT molecular complexity index is 878. The Morgan fingerprint density at radius 1 is 1.14 bits per heavy atom. The molecule has 0 atom stereocenters. The smallest absolute Gasteiger partial charge is 0.166 e. The summed E-state index contributed by atoms with van der Waals surface area (Å²) >= 11 is 0. The summed E-state index contributed by atoms with van der Waals surface area (Å²) in [4.78, 5) is 1.96. The standard InChI is InChI=1S/C17H13N5/c1-21-8-7-14-13(9-18)10-22-16(12-5-3-2-4-6-12)19-20-17(22)15(14)11-21/h2-8,11H,10H2,1H3. The first-order chi connectivity index (χ1) is 10.8. The molecule has 0 N–H and O–H groups in total. The molecule has 4 rings (SSSR count). The number of rotatable bonds is 1. The number of allylic oxidation sites excluding steroid dienone is 4. The van der Waals surface area contributed by atoms with Gasteiger partial charge in [0, 0.05) is 36.2 Å². The van der Waals surface area contributed by atoms with Gasteiger partial charge in [-0.2, -0.15) is 5.26 Å². The lowest BCUT2D eigenvalue weighted by atomic mass is 9.95. The minimum Gasteiger partial charge on any atom is -0.356 e. The fraction of sp³-hybridized carbons (Fsp3) is 0.118. The van der Waals surface area contributed by atoms with Crippen molar-refractivity contribution in [1.82, 2.24) is 19.7 Å². The summed E-state index contributed by atoms with van der Waals surface area (Å²) < 4.78 is 2.01. The van der Waals surface area contributed by atoms with Crippen molar-refractivity contribution in [3.63, 3.8) is 0 Å². The fourth-order valence-electron chi connectivity index (χ4n) is 2.83. The maximum Gasteiger partial charge on any atom is 0.166 e. The Morgan fingerprint density at radius 2 is 1.91 bits per heavy atom. The van der Waals surface area contributed by atoms with Crippen LogP contribution < -0.4 is 0 Å². The fourth-order valence-corrected chi connectivity index (χ4v) is 2.83. The predicted octanol–water partition coefficient (Wildman–Crippen LogP) is 2.58. The van der Waals surface area contributed by atoms with Crippen LogP contribution in [0.3, 0.4) is 0 Å². The maximum atomic E-state index is 9.48. The van der Waals surface area contributed by atoms with Crippen LogP contribution in [0.4, 0.5) is 0 Å². The molecule has 0 aliphatic carbocycles. The highest BCUT2D eigenvalue weighted by molar-refractivity contribution is 5.84. The van der Waals surface area contributed by atoms with E-state index < -0.39 is 0 Å². The van der Waals surface area contributed by atoms with Crippen LogP contribution in [-0.2, 0) is 6.54 Å². The molecule has 0 unspecified atom stereocenters. The van der Waals surface area contributed by atoms with Gasteiger partial charge >= 0.3 is 0 Å². The van der Waals surface area contributed by atoms with Crippen molar-refractivity contribution in [3.8, 4) is 17.5 Å². The molecule has 5 nitrogen and oxygen atoms in total. The molecule has 0 spiro atoms. The van der Waals surface area contributed by atoms with E-state index in [0.29, 0.717) is 6.54 Å². The summed E-state index contributed by atoms with van der Waals surface area (Å²) in [5.74, 6) is 1.60. The van der Waals surface area contributed by atoms with E-state index in [1.165, 1.54) is 0 Å². The number of hydrogen-bond acceptors (Lipinski definition) is 4. The molecule has 0 amide bonds. The molecule has 0 saturated carbocycles. The van der Waals surface area contributed by atoms with E-state index >= 15 is 0 Å². The van der Waals surface area contributed by atoms with Crippen LogP contribution in [0, 0.1) is 11.3 Å². The molecule has 0 saturated heterocycles. The van der Waals surface area contributed by atoms with Gasteiger partial charge in [-0.05, 0) is 6.08 Å². The van der Waals surface area contributed by atoms with Gasteiger partial charge in [0.25, 0.3) is 0 Å². The van der Waals surface area contributed by atoms with Gasteiger partial charge in [0.2, 0.25) is 0 Å². The maximum absolute atomic E-state index is 9.48. The topological polar surface area (TPSA) is 57.7 Å². The molecular formula is C17H13N5. The molecule has 0 bridgehead atoms. The van der Waals surface area contributed by atoms with E-state index in [4.69, 9.17) is 0 Å². The predicted molar refractivity (Wildman–Crippen MR) is 83.0 cm³/mol. The van der Waals surface area contributed by atoms with Crippen molar-refractivity contribution in [1.29, 1.82) is 5.26 Å². The third-order valence-electron chi connectivity index (χ3n) is 3.90. The molecule has 0 fully saturated rings. The zero-order valence-corrected chi connectivity index (χ0v) is 12.1. The number of hydrogen-bond donors (Lipinski definition) is 0. The SMILES string of the molecule is CN1C=CC2=C(C#N)Cn3c(nnc3-c3ccccc3)C2=C1. The van der Waals surface area contributed by atoms with Crippen LogP contribution in [0.15, 0.2) is 60.0 Å². The van der Waals surface area contributed by atoms with Gasteiger partial charge in [0.15, 0.2) is 11.6 Å². The van der Waals surface area contributed by atoms with Gasteiger partial charge in [-0.3, -0.25) is 0 Å². The lowest BCUT2D eigenvalue weighted by Gasteiger charge is -2.24. The molecule has 3 heterocycles. The minimum absolute atomic E-state index is 0.504. The molecule has 0 radical (unpaired) electrons. The lowest BCUT2D eigenvalue weighted by molar-refractivity contribution is 0.618. The molecule has 2 aromatic rings. The Kier molecular flexibility index (Phi) is 2.70. The van der Waals surface area contributed by atoms with Crippen LogP contribution in [0.25, 0.3) is 17.0 Å². The number of benzene rings is 1. The molecule has 5 heteroatoms. The molecule has 22 heavy (non-hydrogen) atoms. The number of nitrogens with zero attached hydrogens (tertiary/aromatic N) is 5. The van der Waals surface area contributed by atoms with E-state index in [2.05, 4.69) is 16.3 Å². The molecule has 106 valence electrons. The number of nitriles is 1. The second-order valence-electron chi connectivity index (χ2n) is 5.33. The van der Waals surface area contributed by atoms with E-state index in [0.717, 1.165) is 33.9 Å². The Labute approximate surface area is 128 Å². The van der Waals surface area contributed by atoms with E-state index in [9.17, 15) is 5.26 Å². The van der Waals surface area contributed by atoms with Crippen LogP contribution in [0.2, 0.25) is 0 Å². The van der Waals surface area contributed by atoms with Gasteiger partial charge in [-0.25, -0.2) is 0 Å². The lowest BCUT2D eigenvalue weighted by Crippen LogP contribution is -2.18. The third-order valence-corrected chi connectivity index (χ3v) is 3.90. The van der Waals surface area contributed by atoms with Crippen molar-refractivity contribution in [2.75, 3.05) is 7.05 Å². The second kappa shape index (κ2) is 4.71. The van der Waals surface area contributed by atoms with Crippen molar-refractivity contribution in [2.24, 2.45) is 0 Å². The van der Waals surface area contributed by atoms with E-state index in [1.54, 1.807) is 0 Å². The summed E-state index contributed by atoms with van der Waals surface area (Å²) in [7, 11) is 1.96. The van der Waals surface area contributed by atoms with Gasteiger partial charge in [0.1, 0.15) is 0 Å². The molecule has 1 aromatic carbocycles. The summed E-state index contributed by atoms with van der Waals surface area (Å²) in [6.45, 7) is 0.504. The van der Waals surface area contributed by atoms with Crippen molar-refractivity contribution in [2.45, 2.75) is 6.54 Å². The number of aromatic nitrogens is 3. The summed E-state index contributed by atoms with van der Waals surface area (Å²) in [5.41, 5.74) is 3.63. The highest BCUT2D eigenvalue weighted by Crippen LogP contribution is 2.36. The zero-order chi connectivity index (χ0) is 15.1. The van der Waals surface area contributed by atoms with Gasteiger partial charge < -0.3 is 9.47 Å². The largest absolute Gasteiger partial charge is 0.356 e. The first-order valence-electron chi connectivity index (χ1n) is 7.02. The Balaban J connectivity index is 1.92. The summed E-state index contributed by atoms with van der Waals surface area (Å²) in [6, 6.07) is 12.2. The van der Waals surface area contributed by atoms with Gasteiger partial charge in [0.05, 0.1) is 18.2 Å². The van der Waals surface area contributed by atoms with Crippen molar-refractivity contribution >= 4 is 5.57 Å². The average molecular weight is 287 g/mol. The van der Waals surface area contributed by atoms with Crippen LogP contribution in [0.1, 0.15) is 5.82 Å². The highest BCUT2D eigenvalue weighted by Gasteiger charge is 2.28. The Hall–Kier alpha value is -3.13. The van der Waals surface area contributed by atoms with Crippen LogP contribution in [-0.4, -0.2) is 26.7 Å². The van der Waals surface area contributed by atoms with Crippen molar-refractivity contribution in [3.05, 3.63) is 65.8 Å². The van der Waals surface area contributed by atoms with E-state index in [-0.39, 0.29) is 0 Å². The third kappa shape index (κ3) is 1.78. The normalized spacial score (nSPS) is 16.0. The van der Waals surface area contributed by atoms with E-state index in [1.807, 2.05) is 65.3 Å². The molecular weight excluding hydrogens is 274 g/mol. The zero-order valence-electron chi connectivity index (χ0n) is 12.1. The minimum atomic E-state index is 0.504. The highest BCUT2D eigenvalue weighted by atomic mass is 15.3. The first-order valence-corrected chi connectivity index (χ1v) is 7.02. The van der Waals surface area contributed by atoms with Gasteiger partial charge in [-0.1, -0.05) is 30.3 Å². The average Bonchev–Trinajstić information content (AvgIpc) is 2.98. The van der Waals surface area contributed by atoms with Gasteiger partial charge in [-0.15, -0.1) is 10.2 Å². The Morgan fingerprint density at radius 3 is 2.68 bits per heavy atom. The second-order valence-corrected chi connectivity index (χ2v) is 5.33. The van der Waals surface area contributed by atoms with Crippen LogP contribution in [0.5, 0.6) is 0 Å². The van der Waals surface area contributed by atoms with Crippen LogP contribution >= 0.6 is 0 Å². The molecule has 2 aliphatic rings. The molecule has 2 aliphatic heterocycles. The summed E-state index contributed by atoms with van der Waals surface area (Å²) in [5, 5.41) is 18.2. The first kappa shape index (κ1) is 12.6. The number of fused-ring (bicyclic) bond motifs is 3. The van der Waals surface area contributed by atoms with Crippen molar-refractivity contribution < 1.29 is 0 Å². The molecule has 1 aromatic heterocycles. The summed E-state index contributed by atoms with van der Waals surface area (Å²) in [6.07, 6.45) is 5.90. The quantitative estimate of drug-likeness (QED) is 0.809.